The number of carboxylic acid groups (broad SMARTS) is 1. The first kappa shape index (κ1) is 24.8. The van der Waals surface area contributed by atoms with E-state index in [0.29, 0.717) is 42.1 Å². The van der Waals surface area contributed by atoms with E-state index < -0.39 is 23.7 Å². The zero-order valence-electron chi connectivity index (χ0n) is 20.0. The highest BCUT2D eigenvalue weighted by atomic mass is 19.1. The molecule has 186 valence electrons. The number of likely N-dealkylation sites (tertiary alicyclic amines) is 1. The first-order chi connectivity index (χ1) is 17.2. The minimum Gasteiger partial charge on any atom is -0.477 e. The molecular weight excluding hydrogens is 463 g/mol. The number of rotatable bonds is 6. The number of pyridine rings is 1. The van der Waals surface area contributed by atoms with Crippen molar-refractivity contribution in [2.75, 3.05) is 17.2 Å². The van der Waals surface area contributed by atoms with Crippen LogP contribution in [-0.2, 0) is 4.79 Å². The molecule has 1 aliphatic heterocycles. The van der Waals surface area contributed by atoms with E-state index in [-0.39, 0.29) is 17.4 Å². The molecular formula is C27H27FN4O4. The maximum absolute atomic E-state index is 14.8. The topological polar surface area (TPSA) is 112 Å². The van der Waals surface area contributed by atoms with Gasteiger partial charge >= 0.3 is 12.0 Å². The number of amides is 3. The average Bonchev–Trinajstić information content (AvgIpc) is 3.36. The third-order valence-electron chi connectivity index (χ3n) is 6.19. The fourth-order valence-electron chi connectivity index (χ4n) is 4.13. The van der Waals surface area contributed by atoms with Crippen LogP contribution in [0.25, 0.3) is 11.1 Å². The van der Waals surface area contributed by atoms with Gasteiger partial charge in [-0.1, -0.05) is 38.1 Å². The highest BCUT2D eigenvalue weighted by molar-refractivity contribution is 5.99. The van der Waals surface area contributed by atoms with Gasteiger partial charge in [0.1, 0.15) is 17.6 Å². The molecule has 1 saturated heterocycles. The summed E-state index contributed by atoms with van der Waals surface area (Å²) < 4.78 is 14.8. The van der Waals surface area contributed by atoms with Crippen LogP contribution < -0.4 is 10.6 Å². The fraction of sp³-hybridized carbons (Fsp3) is 0.259. The summed E-state index contributed by atoms with van der Waals surface area (Å²) in [5.41, 5.74) is 2.71. The van der Waals surface area contributed by atoms with E-state index in [1.807, 2.05) is 24.3 Å². The number of hydrogen-bond donors (Lipinski definition) is 3. The van der Waals surface area contributed by atoms with Crippen molar-refractivity contribution in [2.45, 2.75) is 38.6 Å². The van der Waals surface area contributed by atoms with Crippen molar-refractivity contribution in [3.63, 3.8) is 0 Å². The number of aromatic nitrogens is 1. The Morgan fingerprint density at radius 1 is 1.03 bits per heavy atom. The summed E-state index contributed by atoms with van der Waals surface area (Å²) >= 11 is 0. The maximum atomic E-state index is 14.8. The van der Waals surface area contributed by atoms with Crippen molar-refractivity contribution in [2.24, 2.45) is 0 Å². The van der Waals surface area contributed by atoms with E-state index in [1.165, 1.54) is 35.4 Å². The number of carbonyl (C=O) groups excluding carboxylic acids is 2. The molecule has 36 heavy (non-hydrogen) atoms. The Morgan fingerprint density at radius 2 is 1.75 bits per heavy atom. The lowest BCUT2D eigenvalue weighted by Gasteiger charge is -2.24. The van der Waals surface area contributed by atoms with Gasteiger partial charge in [0, 0.05) is 24.0 Å². The van der Waals surface area contributed by atoms with Crippen molar-refractivity contribution in [1.82, 2.24) is 9.88 Å². The minimum absolute atomic E-state index is 0.00426. The van der Waals surface area contributed by atoms with Gasteiger partial charge in [0.05, 0.1) is 5.69 Å². The van der Waals surface area contributed by atoms with Crippen molar-refractivity contribution in [3.05, 3.63) is 77.9 Å². The third kappa shape index (κ3) is 5.51. The molecule has 3 amide bonds. The lowest BCUT2D eigenvalue weighted by molar-refractivity contribution is -0.119. The molecule has 0 radical (unpaired) electrons. The average molecular weight is 491 g/mol. The Balaban J connectivity index is 1.41. The Labute approximate surface area is 208 Å². The third-order valence-corrected chi connectivity index (χ3v) is 6.19. The Kier molecular flexibility index (Phi) is 7.28. The second kappa shape index (κ2) is 10.6. The number of carbonyl (C=O) groups is 3. The van der Waals surface area contributed by atoms with Gasteiger partial charge in [-0.15, -0.1) is 0 Å². The zero-order chi connectivity index (χ0) is 25.8. The smallest absolute Gasteiger partial charge is 0.354 e. The van der Waals surface area contributed by atoms with Crippen molar-refractivity contribution >= 4 is 29.3 Å². The molecule has 0 saturated carbocycles. The van der Waals surface area contributed by atoms with Gasteiger partial charge in [-0.25, -0.2) is 19.0 Å². The lowest BCUT2D eigenvalue weighted by atomic mass is 10.0. The summed E-state index contributed by atoms with van der Waals surface area (Å²) in [6.45, 7) is 4.61. The van der Waals surface area contributed by atoms with Gasteiger partial charge in [-0.3, -0.25) is 4.79 Å². The van der Waals surface area contributed by atoms with Crippen molar-refractivity contribution < 1.29 is 23.9 Å². The molecule has 1 atom stereocenters. The molecule has 1 fully saturated rings. The Morgan fingerprint density at radius 3 is 2.36 bits per heavy atom. The van der Waals surface area contributed by atoms with Crippen LogP contribution in [0.1, 0.15) is 48.7 Å². The van der Waals surface area contributed by atoms with Crippen LogP contribution in [0.15, 0.2) is 60.8 Å². The molecule has 9 heteroatoms. The van der Waals surface area contributed by atoms with Crippen LogP contribution in [0, 0.1) is 5.82 Å². The molecule has 8 nitrogen and oxygen atoms in total. The summed E-state index contributed by atoms with van der Waals surface area (Å²) in [7, 11) is 0. The quantitative estimate of drug-likeness (QED) is 0.432. The molecule has 3 aromatic rings. The number of benzene rings is 2. The van der Waals surface area contributed by atoms with E-state index in [4.69, 9.17) is 5.11 Å². The zero-order valence-corrected chi connectivity index (χ0v) is 20.0. The van der Waals surface area contributed by atoms with Crippen molar-refractivity contribution in [1.29, 1.82) is 0 Å². The highest BCUT2D eigenvalue weighted by Crippen LogP contribution is 2.26. The molecule has 0 bridgehead atoms. The van der Waals surface area contributed by atoms with Gasteiger partial charge in [0.25, 0.3) is 0 Å². The maximum Gasteiger partial charge on any atom is 0.354 e. The summed E-state index contributed by atoms with van der Waals surface area (Å²) in [6, 6.07) is 13.6. The number of urea groups is 1. The fourth-order valence-corrected chi connectivity index (χ4v) is 4.13. The summed E-state index contributed by atoms with van der Waals surface area (Å²) in [5, 5.41) is 14.4. The first-order valence-electron chi connectivity index (χ1n) is 11.7. The molecule has 1 aromatic heterocycles. The molecule has 0 spiro atoms. The molecule has 2 aromatic carbocycles. The number of aromatic carboxylic acids is 1. The van der Waals surface area contributed by atoms with Gasteiger partial charge < -0.3 is 20.6 Å². The molecule has 3 N–H and O–H groups in total. The first-order valence-corrected chi connectivity index (χ1v) is 11.7. The van der Waals surface area contributed by atoms with Gasteiger partial charge in [-0.05, 0) is 60.2 Å². The van der Waals surface area contributed by atoms with E-state index in [0.717, 1.165) is 5.56 Å². The van der Waals surface area contributed by atoms with Crippen LogP contribution in [0.5, 0.6) is 0 Å². The summed E-state index contributed by atoms with van der Waals surface area (Å²) in [5.74, 6) is -1.88. The number of anilines is 2. The van der Waals surface area contributed by atoms with Crippen LogP contribution in [-0.4, -0.2) is 45.5 Å². The largest absolute Gasteiger partial charge is 0.477 e. The summed E-state index contributed by atoms with van der Waals surface area (Å²) in [6.07, 6.45) is 2.49. The number of hydrogen-bond acceptors (Lipinski definition) is 4. The molecule has 2 heterocycles. The molecule has 4 rings (SSSR count). The van der Waals surface area contributed by atoms with Crippen LogP contribution in [0.3, 0.4) is 0 Å². The number of nitrogens with zero attached hydrogens (tertiary/aromatic N) is 2. The Bertz CT molecular complexity index is 1280. The molecule has 1 aliphatic rings. The SMILES string of the molecule is CC(C)c1ccc(NC(=O)N2CCC[C@@H]2C(=O)Nc2ccc(-c3ccc(C(=O)O)nc3)cc2F)cc1. The summed E-state index contributed by atoms with van der Waals surface area (Å²) in [4.78, 5) is 42.1. The monoisotopic (exact) mass is 490 g/mol. The van der Waals surface area contributed by atoms with E-state index in [9.17, 15) is 18.8 Å². The van der Waals surface area contributed by atoms with Crippen LogP contribution in [0.4, 0.5) is 20.6 Å². The predicted molar refractivity (Wildman–Crippen MR) is 134 cm³/mol. The van der Waals surface area contributed by atoms with Gasteiger partial charge in [-0.2, -0.15) is 0 Å². The van der Waals surface area contributed by atoms with Crippen molar-refractivity contribution in [3.8, 4) is 11.1 Å². The van der Waals surface area contributed by atoms with Crippen LogP contribution in [0.2, 0.25) is 0 Å². The van der Waals surface area contributed by atoms with E-state index in [2.05, 4.69) is 29.5 Å². The van der Waals surface area contributed by atoms with E-state index in [1.54, 1.807) is 6.07 Å². The second-order valence-electron chi connectivity index (χ2n) is 8.98. The normalized spacial score (nSPS) is 15.1. The lowest BCUT2D eigenvalue weighted by Crippen LogP contribution is -2.45. The predicted octanol–water partition coefficient (Wildman–Crippen LogP) is 5.34. The number of carboxylic acids is 1. The Hall–Kier alpha value is -4.27. The van der Waals surface area contributed by atoms with Crippen LogP contribution >= 0.6 is 0 Å². The second-order valence-corrected chi connectivity index (χ2v) is 8.98. The minimum atomic E-state index is -1.15. The highest BCUT2D eigenvalue weighted by Gasteiger charge is 2.34. The molecule has 0 unspecified atom stereocenters. The molecule has 0 aliphatic carbocycles. The van der Waals surface area contributed by atoms with E-state index >= 15 is 0 Å². The van der Waals surface area contributed by atoms with Gasteiger partial charge in [0.2, 0.25) is 5.91 Å². The number of halogens is 1. The standard InChI is InChI=1S/C27H27FN4O4/c1-16(2)17-5-9-20(10-6-17)30-27(36)32-13-3-4-24(32)25(33)31-22-11-7-18(14-21(22)28)19-8-12-23(26(34)35)29-15-19/h5-12,14-16,24H,3-4,13H2,1-2H3,(H,30,36)(H,31,33)(H,34,35)/t24-/m1/s1. The number of nitrogens with one attached hydrogen (secondary N) is 2. The van der Waals surface area contributed by atoms with Gasteiger partial charge in [0.15, 0.2) is 0 Å².